The first-order chi connectivity index (χ1) is 13.0. The highest BCUT2D eigenvalue weighted by Crippen LogP contribution is 2.49. The second-order valence-corrected chi connectivity index (χ2v) is 6.92. The van der Waals surface area contributed by atoms with Gasteiger partial charge in [0.1, 0.15) is 18.1 Å². The maximum atomic E-state index is 11.7. The minimum atomic E-state index is -1.47. The highest BCUT2D eigenvalue weighted by Gasteiger charge is 2.53. The molecule has 2 aromatic carbocycles. The Kier molecular flexibility index (Phi) is 4.40. The maximum absolute atomic E-state index is 11.7. The number of rotatable bonds is 4. The summed E-state index contributed by atoms with van der Waals surface area (Å²) in [5.41, 5.74) is 3.91. The highest BCUT2D eigenvalue weighted by atomic mass is 16.9. The normalized spacial score (nSPS) is 23.3. The molecule has 27 heavy (non-hydrogen) atoms. The second-order valence-electron chi connectivity index (χ2n) is 6.92. The molecule has 0 radical (unpaired) electrons. The summed E-state index contributed by atoms with van der Waals surface area (Å²) in [5, 5.41) is 0. The Balaban J connectivity index is 1.63. The van der Waals surface area contributed by atoms with Crippen molar-refractivity contribution in [2.75, 3.05) is 0 Å². The summed E-state index contributed by atoms with van der Waals surface area (Å²) in [6.07, 6.45) is 0.558. The molecule has 4 rings (SSSR count). The van der Waals surface area contributed by atoms with Gasteiger partial charge in [-0.25, -0.2) is 0 Å². The smallest absolute Gasteiger partial charge is 0.400 e. The molecule has 2 aliphatic heterocycles. The SMILES string of the molecule is CC(=O)O[C@]12Oc3cc(OCc4ccccc4)ccc3C(C)=C1C[C@H](C)O2. The van der Waals surface area contributed by atoms with Crippen LogP contribution in [0.3, 0.4) is 0 Å². The van der Waals surface area contributed by atoms with E-state index in [1.165, 1.54) is 6.92 Å². The van der Waals surface area contributed by atoms with Crippen LogP contribution in [0.2, 0.25) is 0 Å². The van der Waals surface area contributed by atoms with Gasteiger partial charge in [0.05, 0.1) is 11.7 Å². The minimum absolute atomic E-state index is 0.0996. The van der Waals surface area contributed by atoms with Crippen LogP contribution in [0.15, 0.2) is 54.1 Å². The Morgan fingerprint density at radius 1 is 1.22 bits per heavy atom. The standard InChI is InChI=1S/C22H22O5/c1-14-11-20-15(2)19-10-9-18(24-13-17-7-5-4-6-8-17)12-21(19)27-22(20,25-14)26-16(3)23/h4-10,12,14H,11,13H2,1-3H3/t14-,22-/m0/s1. The molecule has 140 valence electrons. The summed E-state index contributed by atoms with van der Waals surface area (Å²) in [7, 11) is 0. The lowest BCUT2D eigenvalue weighted by molar-refractivity contribution is -0.295. The van der Waals surface area contributed by atoms with E-state index in [4.69, 9.17) is 18.9 Å². The van der Waals surface area contributed by atoms with Crippen molar-refractivity contribution in [3.8, 4) is 11.5 Å². The third-order valence-corrected chi connectivity index (χ3v) is 4.80. The summed E-state index contributed by atoms with van der Waals surface area (Å²) in [6, 6.07) is 15.7. The van der Waals surface area contributed by atoms with Crippen LogP contribution in [0.1, 0.15) is 38.3 Å². The van der Waals surface area contributed by atoms with Crippen molar-refractivity contribution in [1.82, 2.24) is 0 Å². The number of allylic oxidation sites excluding steroid dienone is 1. The zero-order valence-corrected chi connectivity index (χ0v) is 15.7. The highest BCUT2D eigenvalue weighted by molar-refractivity contribution is 5.77. The van der Waals surface area contributed by atoms with Crippen LogP contribution in [0.4, 0.5) is 0 Å². The van der Waals surface area contributed by atoms with Gasteiger partial charge >= 0.3 is 11.9 Å². The van der Waals surface area contributed by atoms with Gasteiger partial charge in [-0.15, -0.1) is 0 Å². The molecule has 1 saturated heterocycles. The van der Waals surface area contributed by atoms with E-state index in [0.29, 0.717) is 24.5 Å². The van der Waals surface area contributed by atoms with Gasteiger partial charge in [-0.2, -0.15) is 0 Å². The maximum Gasteiger partial charge on any atom is 0.400 e. The van der Waals surface area contributed by atoms with Gasteiger partial charge in [-0.3, -0.25) is 4.79 Å². The average Bonchev–Trinajstić information content (AvgIpc) is 2.96. The lowest BCUT2D eigenvalue weighted by atomic mass is 9.94. The zero-order valence-electron chi connectivity index (χ0n) is 15.7. The molecular formula is C22H22O5. The Hall–Kier alpha value is -2.79. The van der Waals surface area contributed by atoms with Crippen LogP contribution in [0, 0.1) is 0 Å². The number of ether oxygens (including phenoxy) is 4. The van der Waals surface area contributed by atoms with Crippen LogP contribution in [-0.4, -0.2) is 18.0 Å². The van der Waals surface area contributed by atoms with E-state index in [-0.39, 0.29) is 6.10 Å². The number of benzene rings is 2. The van der Waals surface area contributed by atoms with Crippen LogP contribution in [-0.2, 0) is 20.9 Å². The topological polar surface area (TPSA) is 54.0 Å². The van der Waals surface area contributed by atoms with E-state index in [2.05, 4.69) is 0 Å². The largest absolute Gasteiger partial charge is 0.489 e. The van der Waals surface area contributed by atoms with Gasteiger partial charge in [-0.1, -0.05) is 30.3 Å². The number of carbonyl (C=O) groups excluding carboxylic acids is 1. The summed E-state index contributed by atoms with van der Waals surface area (Å²) < 4.78 is 23.4. The van der Waals surface area contributed by atoms with E-state index in [1.807, 2.05) is 62.4 Å². The second kappa shape index (κ2) is 6.74. The molecule has 1 fully saturated rings. The quantitative estimate of drug-likeness (QED) is 0.748. The van der Waals surface area contributed by atoms with E-state index < -0.39 is 11.9 Å². The van der Waals surface area contributed by atoms with Crippen molar-refractivity contribution in [1.29, 1.82) is 0 Å². The molecular weight excluding hydrogens is 344 g/mol. The predicted octanol–water partition coefficient (Wildman–Crippen LogP) is 4.46. The first-order valence-corrected chi connectivity index (χ1v) is 9.04. The molecule has 0 amide bonds. The molecule has 2 aromatic rings. The first-order valence-electron chi connectivity index (χ1n) is 9.04. The first kappa shape index (κ1) is 17.6. The Labute approximate surface area is 158 Å². The van der Waals surface area contributed by atoms with Crippen molar-refractivity contribution in [2.24, 2.45) is 0 Å². The fraction of sp³-hybridized carbons (Fsp3) is 0.318. The molecule has 5 nitrogen and oxygen atoms in total. The van der Waals surface area contributed by atoms with Crippen molar-refractivity contribution in [3.63, 3.8) is 0 Å². The Bertz CT molecular complexity index is 902. The van der Waals surface area contributed by atoms with E-state index in [1.54, 1.807) is 0 Å². The Morgan fingerprint density at radius 2 is 2.00 bits per heavy atom. The van der Waals surface area contributed by atoms with Crippen molar-refractivity contribution < 1.29 is 23.7 Å². The molecule has 0 N–H and O–H groups in total. The lowest BCUT2D eigenvalue weighted by Gasteiger charge is -2.34. The lowest BCUT2D eigenvalue weighted by Crippen LogP contribution is -2.44. The van der Waals surface area contributed by atoms with Crippen LogP contribution >= 0.6 is 0 Å². The van der Waals surface area contributed by atoms with Gasteiger partial charge in [0.25, 0.3) is 0 Å². The molecule has 0 aromatic heterocycles. The van der Waals surface area contributed by atoms with Gasteiger partial charge in [0.2, 0.25) is 0 Å². The molecule has 0 bridgehead atoms. The molecule has 2 heterocycles. The number of esters is 1. The minimum Gasteiger partial charge on any atom is -0.489 e. The molecule has 0 unspecified atom stereocenters. The third kappa shape index (κ3) is 3.30. The molecule has 2 aliphatic rings. The molecule has 0 saturated carbocycles. The molecule has 0 spiro atoms. The van der Waals surface area contributed by atoms with Gasteiger partial charge in [0.15, 0.2) is 0 Å². The number of fused-ring (bicyclic) bond motifs is 2. The number of carbonyl (C=O) groups is 1. The fourth-order valence-electron chi connectivity index (χ4n) is 3.59. The number of hydrogen-bond donors (Lipinski definition) is 0. The monoisotopic (exact) mass is 366 g/mol. The van der Waals surface area contributed by atoms with Crippen molar-refractivity contribution >= 4 is 11.5 Å². The summed E-state index contributed by atoms with van der Waals surface area (Å²) in [6.45, 7) is 5.75. The van der Waals surface area contributed by atoms with E-state index >= 15 is 0 Å². The van der Waals surface area contributed by atoms with Crippen LogP contribution < -0.4 is 9.47 Å². The van der Waals surface area contributed by atoms with Crippen molar-refractivity contribution in [3.05, 3.63) is 65.2 Å². The molecule has 5 heteroatoms. The van der Waals surface area contributed by atoms with Crippen LogP contribution in [0.25, 0.3) is 5.57 Å². The predicted molar refractivity (Wildman–Crippen MR) is 100 cm³/mol. The third-order valence-electron chi connectivity index (χ3n) is 4.80. The summed E-state index contributed by atoms with van der Waals surface area (Å²) >= 11 is 0. The average molecular weight is 366 g/mol. The Morgan fingerprint density at radius 3 is 2.74 bits per heavy atom. The van der Waals surface area contributed by atoms with Gasteiger partial charge < -0.3 is 18.9 Å². The van der Waals surface area contributed by atoms with Crippen molar-refractivity contribution in [2.45, 2.75) is 45.9 Å². The molecule has 2 atom stereocenters. The summed E-state index contributed by atoms with van der Waals surface area (Å²) in [4.78, 5) is 11.7. The van der Waals surface area contributed by atoms with E-state index in [9.17, 15) is 4.79 Å². The number of hydrogen-bond acceptors (Lipinski definition) is 5. The summed E-state index contributed by atoms with van der Waals surface area (Å²) in [5.74, 6) is -0.662. The van der Waals surface area contributed by atoms with E-state index in [0.717, 1.165) is 22.3 Å². The zero-order chi connectivity index (χ0) is 19.0. The van der Waals surface area contributed by atoms with Gasteiger partial charge in [-0.05, 0) is 37.1 Å². The fourth-order valence-corrected chi connectivity index (χ4v) is 3.59. The van der Waals surface area contributed by atoms with Crippen LogP contribution in [0.5, 0.6) is 11.5 Å². The molecule has 0 aliphatic carbocycles. The van der Waals surface area contributed by atoms with Gasteiger partial charge in [0, 0.05) is 25.0 Å².